The quantitative estimate of drug-likeness (QED) is 0.888. The first kappa shape index (κ1) is 12.0. The zero-order valence-corrected chi connectivity index (χ0v) is 11.3. The summed E-state index contributed by atoms with van der Waals surface area (Å²) in [5, 5.41) is 7.20. The second-order valence-electron chi connectivity index (χ2n) is 4.94. The maximum absolute atomic E-state index is 5.14. The molecule has 1 aliphatic heterocycles. The number of aryl methyl sites for hydroxylation is 1. The second-order valence-corrected chi connectivity index (χ2v) is 4.94. The third kappa shape index (κ3) is 2.14. The van der Waals surface area contributed by atoms with E-state index >= 15 is 0 Å². The summed E-state index contributed by atoms with van der Waals surface area (Å²) in [6.45, 7) is 5.86. The van der Waals surface area contributed by atoms with Crippen LogP contribution < -0.4 is 9.64 Å². The van der Waals surface area contributed by atoms with Crippen molar-refractivity contribution in [2.24, 2.45) is 0 Å². The summed E-state index contributed by atoms with van der Waals surface area (Å²) < 4.78 is 5.14. The first-order valence-electron chi connectivity index (χ1n) is 6.34. The van der Waals surface area contributed by atoms with E-state index in [2.05, 4.69) is 32.0 Å². The predicted molar refractivity (Wildman–Crippen MR) is 71.4 cm³/mol. The largest absolute Gasteiger partial charge is 0.467 e. The average molecular weight is 259 g/mol. The van der Waals surface area contributed by atoms with Crippen molar-refractivity contribution in [1.82, 2.24) is 20.2 Å². The number of nitrogens with zero attached hydrogens (tertiary/aromatic N) is 4. The van der Waals surface area contributed by atoms with Crippen molar-refractivity contribution < 1.29 is 4.74 Å². The van der Waals surface area contributed by atoms with Crippen LogP contribution in [-0.4, -0.2) is 33.8 Å². The number of aromatic nitrogens is 4. The molecule has 19 heavy (non-hydrogen) atoms. The minimum absolute atomic E-state index is 0.410. The first-order valence-corrected chi connectivity index (χ1v) is 6.34. The third-order valence-electron chi connectivity index (χ3n) is 3.43. The normalized spacial score (nSPS) is 18.3. The number of methoxy groups -OCH3 is 1. The number of hydrogen-bond donors (Lipinski definition) is 1. The Hall–Kier alpha value is -2.11. The summed E-state index contributed by atoms with van der Waals surface area (Å²) in [4.78, 5) is 10.9. The Morgan fingerprint density at radius 3 is 3.05 bits per heavy atom. The van der Waals surface area contributed by atoms with Gasteiger partial charge in [0, 0.05) is 42.0 Å². The van der Waals surface area contributed by atoms with Gasteiger partial charge in [0.15, 0.2) is 0 Å². The molecule has 0 aromatic carbocycles. The summed E-state index contributed by atoms with van der Waals surface area (Å²) in [5.74, 6) is 1.32. The minimum atomic E-state index is 0.410. The van der Waals surface area contributed by atoms with Crippen LogP contribution in [0, 0.1) is 6.92 Å². The highest BCUT2D eigenvalue weighted by Gasteiger charge is 2.25. The zero-order valence-electron chi connectivity index (χ0n) is 11.3. The molecule has 1 aliphatic rings. The summed E-state index contributed by atoms with van der Waals surface area (Å²) >= 11 is 0. The molecule has 1 N–H and O–H groups in total. The standard InChI is InChI=1S/C13H17N5O/c1-8-6-18(7-10-5-14-17-12(8)10)11-4-9(2)15-13(16-11)19-3/h4-5,8H,6-7H2,1-3H3,(H,14,17)/t8-/m1/s1. The number of nitrogens with one attached hydrogen (secondary N) is 1. The number of hydrogen-bond acceptors (Lipinski definition) is 5. The lowest BCUT2D eigenvalue weighted by Crippen LogP contribution is -2.33. The molecule has 0 fully saturated rings. The summed E-state index contributed by atoms with van der Waals surface area (Å²) in [7, 11) is 1.59. The molecular weight excluding hydrogens is 242 g/mol. The van der Waals surface area contributed by atoms with E-state index in [0.29, 0.717) is 11.9 Å². The average Bonchev–Trinajstić information content (AvgIpc) is 2.86. The fraction of sp³-hybridized carbons (Fsp3) is 0.462. The molecule has 2 aromatic rings. The highest BCUT2D eigenvalue weighted by atomic mass is 16.5. The highest BCUT2D eigenvalue weighted by molar-refractivity contribution is 5.45. The van der Waals surface area contributed by atoms with E-state index in [-0.39, 0.29) is 0 Å². The van der Waals surface area contributed by atoms with Crippen LogP contribution in [-0.2, 0) is 6.54 Å². The van der Waals surface area contributed by atoms with Crippen LogP contribution in [0.4, 0.5) is 5.82 Å². The van der Waals surface area contributed by atoms with Gasteiger partial charge in [0.05, 0.1) is 13.3 Å². The van der Waals surface area contributed by atoms with Gasteiger partial charge in [0.1, 0.15) is 5.82 Å². The van der Waals surface area contributed by atoms with Crippen LogP contribution >= 0.6 is 0 Å². The Labute approximate surface area is 111 Å². The van der Waals surface area contributed by atoms with E-state index in [1.807, 2.05) is 19.2 Å². The van der Waals surface area contributed by atoms with Crippen molar-refractivity contribution in [3.63, 3.8) is 0 Å². The van der Waals surface area contributed by atoms with Crippen LogP contribution in [0.15, 0.2) is 12.3 Å². The molecule has 3 rings (SSSR count). The van der Waals surface area contributed by atoms with E-state index in [0.717, 1.165) is 24.6 Å². The smallest absolute Gasteiger partial charge is 0.318 e. The van der Waals surface area contributed by atoms with E-state index in [1.54, 1.807) is 7.11 Å². The topological polar surface area (TPSA) is 66.9 Å². The molecule has 1 atom stereocenters. The monoisotopic (exact) mass is 259 g/mol. The van der Waals surface area contributed by atoms with E-state index < -0.39 is 0 Å². The molecular formula is C13H17N5O. The van der Waals surface area contributed by atoms with Gasteiger partial charge in [0.2, 0.25) is 0 Å². The lowest BCUT2D eigenvalue weighted by molar-refractivity contribution is 0.378. The van der Waals surface area contributed by atoms with E-state index in [9.17, 15) is 0 Å². The van der Waals surface area contributed by atoms with Crippen LogP contribution in [0.5, 0.6) is 6.01 Å². The van der Waals surface area contributed by atoms with Crippen LogP contribution in [0.1, 0.15) is 29.8 Å². The van der Waals surface area contributed by atoms with Gasteiger partial charge in [-0.3, -0.25) is 5.10 Å². The summed E-state index contributed by atoms with van der Waals surface area (Å²) in [6.07, 6.45) is 1.89. The SMILES string of the molecule is COc1nc(C)cc(N2Cc3cn[nH]c3[C@H](C)C2)n1. The maximum Gasteiger partial charge on any atom is 0.318 e. The number of ether oxygens (including phenoxy) is 1. The Balaban J connectivity index is 1.94. The van der Waals surface area contributed by atoms with Gasteiger partial charge in [-0.05, 0) is 6.92 Å². The van der Waals surface area contributed by atoms with Crippen molar-refractivity contribution in [3.8, 4) is 6.01 Å². The molecule has 0 aliphatic carbocycles. The number of H-pyrrole nitrogens is 1. The van der Waals surface area contributed by atoms with Gasteiger partial charge in [-0.25, -0.2) is 4.98 Å². The number of aromatic amines is 1. The molecule has 6 nitrogen and oxygen atoms in total. The zero-order chi connectivity index (χ0) is 13.4. The summed E-state index contributed by atoms with van der Waals surface area (Å²) in [6, 6.07) is 2.40. The second kappa shape index (κ2) is 4.53. The van der Waals surface area contributed by atoms with Crippen LogP contribution in [0.25, 0.3) is 0 Å². The van der Waals surface area contributed by atoms with Gasteiger partial charge in [-0.1, -0.05) is 6.92 Å². The molecule has 0 unspecified atom stereocenters. The van der Waals surface area contributed by atoms with E-state index in [4.69, 9.17) is 4.74 Å². The molecule has 0 radical (unpaired) electrons. The Bertz CT molecular complexity index is 594. The van der Waals surface area contributed by atoms with Gasteiger partial charge in [-0.2, -0.15) is 10.1 Å². The van der Waals surface area contributed by atoms with Crippen molar-refractivity contribution in [3.05, 3.63) is 29.2 Å². The molecule has 2 aromatic heterocycles. The molecule has 3 heterocycles. The van der Waals surface area contributed by atoms with E-state index in [1.165, 1.54) is 11.3 Å². The lowest BCUT2D eigenvalue weighted by atomic mass is 9.98. The number of fused-ring (bicyclic) bond motifs is 1. The molecule has 0 spiro atoms. The van der Waals surface area contributed by atoms with Crippen molar-refractivity contribution >= 4 is 5.82 Å². The Morgan fingerprint density at radius 2 is 2.26 bits per heavy atom. The number of rotatable bonds is 2. The first-order chi connectivity index (χ1) is 9.17. The highest BCUT2D eigenvalue weighted by Crippen LogP contribution is 2.29. The molecule has 0 bridgehead atoms. The molecule has 6 heteroatoms. The molecule has 0 saturated heterocycles. The van der Waals surface area contributed by atoms with Crippen molar-refractivity contribution in [2.45, 2.75) is 26.3 Å². The molecule has 100 valence electrons. The van der Waals surface area contributed by atoms with Gasteiger partial charge < -0.3 is 9.64 Å². The minimum Gasteiger partial charge on any atom is -0.467 e. The fourth-order valence-corrected chi connectivity index (χ4v) is 2.52. The van der Waals surface area contributed by atoms with Crippen LogP contribution in [0.3, 0.4) is 0 Å². The lowest BCUT2D eigenvalue weighted by Gasteiger charge is -2.31. The summed E-state index contributed by atoms with van der Waals surface area (Å²) in [5.41, 5.74) is 3.37. The Morgan fingerprint density at radius 1 is 1.42 bits per heavy atom. The van der Waals surface area contributed by atoms with Gasteiger partial charge >= 0.3 is 6.01 Å². The molecule has 0 amide bonds. The number of anilines is 1. The van der Waals surface area contributed by atoms with Gasteiger partial charge in [0.25, 0.3) is 0 Å². The molecule has 0 saturated carbocycles. The van der Waals surface area contributed by atoms with Crippen molar-refractivity contribution in [1.29, 1.82) is 0 Å². The maximum atomic E-state index is 5.14. The predicted octanol–water partition coefficient (Wildman–Crippen LogP) is 1.64. The fourth-order valence-electron chi connectivity index (χ4n) is 2.52. The third-order valence-corrected chi connectivity index (χ3v) is 3.43. The van der Waals surface area contributed by atoms with Gasteiger partial charge in [-0.15, -0.1) is 0 Å². The van der Waals surface area contributed by atoms with Crippen LogP contribution in [0.2, 0.25) is 0 Å². The Kier molecular flexibility index (Phi) is 2.85. The van der Waals surface area contributed by atoms with Crippen molar-refractivity contribution in [2.75, 3.05) is 18.6 Å².